The quantitative estimate of drug-likeness (QED) is 0.495. The van der Waals surface area contributed by atoms with Gasteiger partial charge in [0.1, 0.15) is 0 Å². The Hall–Kier alpha value is 0.0129. The van der Waals surface area contributed by atoms with Crippen molar-refractivity contribution in [2.45, 2.75) is 5.25 Å². The van der Waals surface area contributed by atoms with Crippen LogP contribution in [0.3, 0.4) is 0 Å². The first-order valence-corrected chi connectivity index (χ1v) is 2.62. The Balaban J connectivity index is 2.85. The SMILES string of the molecule is O=C(O)[CH2][Ge]. The molecular formula is C2H3GeO2. The molecule has 0 heterocycles. The molecular weight excluding hydrogens is 129 g/mol. The van der Waals surface area contributed by atoms with E-state index in [4.69, 9.17) is 5.11 Å². The molecule has 0 aliphatic carbocycles. The topological polar surface area (TPSA) is 37.3 Å². The van der Waals surface area contributed by atoms with E-state index in [0.29, 0.717) is 0 Å². The first-order chi connectivity index (χ1) is 2.27. The zero-order valence-corrected chi connectivity index (χ0v) is 4.66. The van der Waals surface area contributed by atoms with Crippen molar-refractivity contribution in [3.63, 3.8) is 0 Å². The van der Waals surface area contributed by atoms with Crippen molar-refractivity contribution in [2.24, 2.45) is 0 Å². The predicted molar refractivity (Wildman–Crippen MR) is 18.2 cm³/mol. The van der Waals surface area contributed by atoms with E-state index in [1.807, 2.05) is 0 Å². The molecule has 0 unspecified atom stereocenters. The zero-order valence-electron chi connectivity index (χ0n) is 2.56. The van der Waals surface area contributed by atoms with Gasteiger partial charge in [-0.2, -0.15) is 0 Å². The molecule has 0 fully saturated rings. The van der Waals surface area contributed by atoms with Crippen LogP contribution in [0.4, 0.5) is 0 Å². The molecule has 27 valence electrons. The number of carbonyl (C=O) groups is 1. The van der Waals surface area contributed by atoms with Crippen molar-refractivity contribution in [1.29, 1.82) is 0 Å². The average molecular weight is 132 g/mol. The van der Waals surface area contributed by atoms with E-state index in [1.54, 1.807) is 16.5 Å². The van der Waals surface area contributed by atoms with Crippen molar-refractivity contribution in [3.05, 3.63) is 0 Å². The summed E-state index contributed by atoms with van der Waals surface area (Å²) in [6.07, 6.45) is 0. The van der Waals surface area contributed by atoms with Crippen LogP contribution in [0.15, 0.2) is 0 Å². The molecule has 0 rings (SSSR count). The first-order valence-electron chi connectivity index (χ1n) is 1.13. The zero-order chi connectivity index (χ0) is 4.28. The second-order valence-electron chi connectivity index (χ2n) is 0.571. The summed E-state index contributed by atoms with van der Waals surface area (Å²) in [5, 5.41) is 7.94. The van der Waals surface area contributed by atoms with Crippen molar-refractivity contribution >= 4 is 22.5 Å². The first kappa shape index (κ1) is 5.01. The summed E-state index contributed by atoms with van der Waals surface area (Å²) in [5.41, 5.74) is 0. The van der Waals surface area contributed by atoms with Gasteiger partial charge in [0.25, 0.3) is 0 Å². The third-order valence-electron chi connectivity index (χ3n) is 0.151. The van der Waals surface area contributed by atoms with Crippen molar-refractivity contribution in [3.8, 4) is 0 Å². The van der Waals surface area contributed by atoms with Crippen LogP contribution >= 0.6 is 0 Å². The standard InChI is InChI=1S/C2H3GeO2/c3-1-2(4)5/h1H2,(H,4,5). The van der Waals surface area contributed by atoms with Crippen LogP contribution in [-0.2, 0) is 4.79 Å². The molecule has 0 aromatic heterocycles. The van der Waals surface area contributed by atoms with Crippen LogP contribution in [0, 0.1) is 0 Å². The molecule has 0 aromatic rings. The molecule has 0 aromatic carbocycles. The molecule has 3 heteroatoms. The van der Waals surface area contributed by atoms with Gasteiger partial charge in [-0.15, -0.1) is 0 Å². The minimum atomic E-state index is -0.745. The van der Waals surface area contributed by atoms with Crippen LogP contribution in [-0.4, -0.2) is 27.6 Å². The van der Waals surface area contributed by atoms with Gasteiger partial charge in [-0.1, -0.05) is 0 Å². The van der Waals surface area contributed by atoms with Gasteiger partial charge >= 0.3 is 37.6 Å². The molecule has 0 spiro atoms. The van der Waals surface area contributed by atoms with Gasteiger partial charge in [0.15, 0.2) is 0 Å². The monoisotopic (exact) mass is 133 g/mol. The summed E-state index contributed by atoms with van der Waals surface area (Å²) in [6.45, 7) is 0. The number of carboxylic acid groups (broad SMARTS) is 1. The van der Waals surface area contributed by atoms with E-state index < -0.39 is 5.97 Å². The number of aliphatic carboxylic acids is 1. The van der Waals surface area contributed by atoms with Gasteiger partial charge in [-0.3, -0.25) is 0 Å². The Kier molecular flexibility index (Phi) is 2.27. The molecule has 5 heavy (non-hydrogen) atoms. The molecule has 0 bridgehead atoms. The molecule has 0 saturated carbocycles. The van der Waals surface area contributed by atoms with Crippen LogP contribution in [0.25, 0.3) is 0 Å². The van der Waals surface area contributed by atoms with Crippen molar-refractivity contribution < 1.29 is 9.90 Å². The summed E-state index contributed by atoms with van der Waals surface area (Å²) in [5.74, 6) is -0.745. The van der Waals surface area contributed by atoms with Crippen LogP contribution in [0.2, 0.25) is 5.25 Å². The second kappa shape index (κ2) is 2.26. The molecule has 2 nitrogen and oxygen atoms in total. The molecule has 0 amide bonds. The van der Waals surface area contributed by atoms with E-state index in [0.717, 1.165) is 0 Å². The maximum atomic E-state index is 9.37. The Morgan fingerprint density at radius 2 is 2.20 bits per heavy atom. The fraction of sp³-hybridized carbons (Fsp3) is 0.500. The van der Waals surface area contributed by atoms with Crippen LogP contribution < -0.4 is 0 Å². The van der Waals surface area contributed by atoms with Crippen LogP contribution in [0.1, 0.15) is 0 Å². The van der Waals surface area contributed by atoms with Crippen molar-refractivity contribution in [2.75, 3.05) is 0 Å². The summed E-state index contributed by atoms with van der Waals surface area (Å²) in [4.78, 5) is 9.37. The minimum absolute atomic E-state index is 0.222. The van der Waals surface area contributed by atoms with Gasteiger partial charge in [-0.05, 0) is 0 Å². The predicted octanol–water partition coefficient (Wildman–Crippen LogP) is -0.342. The molecule has 3 radical (unpaired) electrons. The van der Waals surface area contributed by atoms with Crippen molar-refractivity contribution in [1.82, 2.24) is 0 Å². The second-order valence-corrected chi connectivity index (χ2v) is 1.31. The number of hydrogen-bond donors (Lipinski definition) is 1. The average Bonchev–Trinajstić information content (AvgIpc) is 1.38. The van der Waals surface area contributed by atoms with E-state index in [-0.39, 0.29) is 5.25 Å². The fourth-order valence-corrected chi connectivity index (χ4v) is 0. The molecule has 0 saturated heterocycles. The maximum absolute atomic E-state index is 9.37. The summed E-state index contributed by atoms with van der Waals surface area (Å²) in [7, 11) is 0. The van der Waals surface area contributed by atoms with Gasteiger partial charge in [0, 0.05) is 0 Å². The molecule has 1 N–H and O–H groups in total. The van der Waals surface area contributed by atoms with E-state index in [1.165, 1.54) is 0 Å². The number of carboxylic acids is 1. The summed E-state index contributed by atoms with van der Waals surface area (Å²) < 4.78 is 0. The fourth-order valence-electron chi connectivity index (χ4n) is 0. The van der Waals surface area contributed by atoms with E-state index in [9.17, 15) is 4.79 Å². The third kappa shape index (κ3) is 4.01. The van der Waals surface area contributed by atoms with Gasteiger partial charge in [0.2, 0.25) is 0 Å². The van der Waals surface area contributed by atoms with Gasteiger partial charge in [0.05, 0.1) is 0 Å². The third-order valence-corrected chi connectivity index (χ3v) is 0.786. The molecule has 0 atom stereocenters. The van der Waals surface area contributed by atoms with Gasteiger partial charge in [-0.25, -0.2) is 0 Å². The molecule has 0 aliphatic rings. The van der Waals surface area contributed by atoms with E-state index >= 15 is 0 Å². The number of hydrogen-bond acceptors (Lipinski definition) is 1. The summed E-state index contributed by atoms with van der Waals surface area (Å²) >= 11 is 1.60. The van der Waals surface area contributed by atoms with Crippen LogP contribution in [0.5, 0.6) is 0 Å². The Morgan fingerprint density at radius 1 is 2.00 bits per heavy atom. The Morgan fingerprint density at radius 3 is 2.20 bits per heavy atom. The van der Waals surface area contributed by atoms with Gasteiger partial charge < -0.3 is 0 Å². The Bertz CT molecular complexity index is 42.9. The molecule has 0 aliphatic heterocycles. The normalized spacial score (nSPS) is 7.40. The van der Waals surface area contributed by atoms with E-state index in [2.05, 4.69) is 0 Å². The Labute approximate surface area is 38.4 Å². The summed E-state index contributed by atoms with van der Waals surface area (Å²) in [6, 6.07) is 0. The number of rotatable bonds is 1.